The molecule has 1 aromatic heterocycles. The average molecular weight is 261 g/mol. The van der Waals surface area contributed by atoms with Crippen molar-refractivity contribution >= 4 is 10.0 Å². The van der Waals surface area contributed by atoms with E-state index in [1.54, 1.807) is 13.8 Å². The van der Waals surface area contributed by atoms with Gasteiger partial charge in [0.1, 0.15) is 0 Å². The molecule has 1 atom stereocenters. The highest BCUT2D eigenvalue weighted by Gasteiger charge is 2.33. The summed E-state index contributed by atoms with van der Waals surface area (Å²) in [7, 11) is -3.55. The number of nitrogens with one attached hydrogen (secondary N) is 2. The third kappa shape index (κ3) is 3.03. The highest BCUT2D eigenvalue weighted by molar-refractivity contribution is 7.89. The fourth-order valence-corrected chi connectivity index (χ4v) is 2.50. The number of ether oxygens (including phenoxy) is 2. The van der Waals surface area contributed by atoms with Gasteiger partial charge in [-0.25, -0.2) is 18.1 Å². The SMILES string of the molecule is CC1(C)OCC(CNS(=O)(=O)c2cnc[nH]2)O1. The molecule has 1 aliphatic heterocycles. The van der Waals surface area contributed by atoms with Crippen LogP contribution >= 0.6 is 0 Å². The van der Waals surface area contributed by atoms with Crippen molar-refractivity contribution in [1.29, 1.82) is 0 Å². The zero-order valence-electron chi connectivity index (χ0n) is 9.63. The van der Waals surface area contributed by atoms with E-state index in [1.807, 2.05) is 0 Å². The highest BCUT2D eigenvalue weighted by atomic mass is 32.2. The molecule has 1 saturated heterocycles. The van der Waals surface area contributed by atoms with Crippen molar-refractivity contribution in [3.63, 3.8) is 0 Å². The second-order valence-corrected chi connectivity index (χ2v) is 5.95. The minimum Gasteiger partial charge on any atom is -0.348 e. The molecule has 0 saturated carbocycles. The lowest BCUT2D eigenvalue weighted by molar-refractivity contribution is -0.137. The lowest BCUT2D eigenvalue weighted by Gasteiger charge is -2.17. The van der Waals surface area contributed by atoms with E-state index in [9.17, 15) is 8.42 Å². The van der Waals surface area contributed by atoms with Gasteiger partial charge in [0, 0.05) is 6.54 Å². The number of hydrogen-bond donors (Lipinski definition) is 2. The predicted molar refractivity (Wildman–Crippen MR) is 58.7 cm³/mol. The molecule has 0 radical (unpaired) electrons. The maximum absolute atomic E-state index is 11.7. The number of rotatable bonds is 4. The first-order chi connectivity index (χ1) is 7.89. The van der Waals surface area contributed by atoms with Gasteiger partial charge in [0.15, 0.2) is 10.8 Å². The maximum atomic E-state index is 11.7. The van der Waals surface area contributed by atoms with Crippen LogP contribution in [0.2, 0.25) is 0 Å². The Morgan fingerprint density at radius 3 is 2.94 bits per heavy atom. The van der Waals surface area contributed by atoms with Crippen molar-refractivity contribution in [1.82, 2.24) is 14.7 Å². The first kappa shape index (κ1) is 12.5. The molecule has 0 spiro atoms. The van der Waals surface area contributed by atoms with Gasteiger partial charge in [0.05, 0.1) is 25.2 Å². The molecule has 0 aliphatic carbocycles. The molecule has 2 rings (SSSR count). The van der Waals surface area contributed by atoms with E-state index in [2.05, 4.69) is 14.7 Å². The zero-order valence-corrected chi connectivity index (χ0v) is 10.5. The molecule has 1 fully saturated rings. The summed E-state index contributed by atoms with van der Waals surface area (Å²) in [6.07, 6.45) is 2.29. The Morgan fingerprint density at radius 2 is 2.41 bits per heavy atom. The Bertz CT molecular complexity index is 468. The normalized spacial score (nSPS) is 24.0. The summed E-state index contributed by atoms with van der Waals surface area (Å²) in [6, 6.07) is 0. The quantitative estimate of drug-likeness (QED) is 0.785. The summed E-state index contributed by atoms with van der Waals surface area (Å²) in [5.74, 6) is -0.649. The van der Waals surface area contributed by atoms with Crippen LogP contribution < -0.4 is 4.72 Å². The fourth-order valence-electron chi connectivity index (χ4n) is 1.53. The molecule has 2 heterocycles. The van der Waals surface area contributed by atoms with Gasteiger partial charge >= 0.3 is 0 Å². The van der Waals surface area contributed by atoms with Gasteiger partial charge in [0.2, 0.25) is 0 Å². The fraction of sp³-hybridized carbons (Fsp3) is 0.667. The van der Waals surface area contributed by atoms with E-state index in [0.717, 1.165) is 0 Å². The first-order valence-corrected chi connectivity index (χ1v) is 6.67. The Kier molecular flexibility index (Phi) is 3.21. The Morgan fingerprint density at radius 1 is 1.65 bits per heavy atom. The Labute approximate surface area is 99.6 Å². The monoisotopic (exact) mass is 261 g/mol. The smallest absolute Gasteiger partial charge is 0.257 e. The van der Waals surface area contributed by atoms with Gasteiger partial charge in [-0.3, -0.25) is 0 Å². The minimum absolute atomic E-state index is 0.0377. The van der Waals surface area contributed by atoms with Crippen LogP contribution in [0.15, 0.2) is 17.6 Å². The van der Waals surface area contributed by atoms with Gasteiger partial charge in [-0.1, -0.05) is 0 Å². The van der Waals surface area contributed by atoms with Crippen LogP contribution in [0.3, 0.4) is 0 Å². The van der Waals surface area contributed by atoms with Crippen molar-refractivity contribution < 1.29 is 17.9 Å². The van der Waals surface area contributed by atoms with Crippen LogP contribution in [-0.4, -0.2) is 43.4 Å². The van der Waals surface area contributed by atoms with Crippen LogP contribution in [0, 0.1) is 0 Å². The van der Waals surface area contributed by atoms with Gasteiger partial charge in [0.25, 0.3) is 10.0 Å². The molecule has 17 heavy (non-hydrogen) atoms. The number of sulfonamides is 1. The third-order valence-corrected chi connectivity index (χ3v) is 3.68. The molecular weight excluding hydrogens is 246 g/mol. The maximum Gasteiger partial charge on any atom is 0.257 e. The topological polar surface area (TPSA) is 93.3 Å². The first-order valence-electron chi connectivity index (χ1n) is 5.19. The van der Waals surface area contributed by atoms with E-state index in [0.29, 0.717) is 6.61 Å². The number of hydrogen-bond acceptors (Lipinski definition) is 5. The second-order valence-electron chi connectivity index (χ2n) is 4.22. The van der Waals surface area contributed by atoms with Crippen LogP contribution in [0.4, 0.5) is 0 Å². The lowest BCUT2D eigenvalue weighted by atomic mass is 10.4. The molecule has 1 unspecified atom stereocenters. The van der Waals surface area contributed by atoms with E-state index in [-0.39, 0.29) is 17.7 Å². The van der Waals surface area contributed by atoms with E-state index < -0.39 is 15.8 Å². The van der Waals surface area contributed by atoms with E-state index in [1.165, 1.54) is 12.5 Å². The second kappa shape index (κ2) is 4.37. The lowest BCUT2D eigenvalue weighted by Crippen LogP contribution is -2.34. The standard InChI is InChI=1S/C9H15N3O4S/c1-9(2)15-5-7(16-9)3-12-17(13,14)8-4-10-6-11-8/h4,6-7,12H,3,5H2,1-2H3,(H,10,11). The van der Waals surface area contributed by atoms with Gasteiger partial charge in [-0.15, -0.1) is 0 Å². The molecule has 1 aliphatic rings. The number of aromatic amines is 1. The van der Waals surface area contributed by atoms with E-state index in [4.69, 9.17) is 9.47 Å². The van der Waals surface area contributed by atoms with Crippen LogP contribution in [0.5, 0.6) is 0 Å². The van der Waals surface area contributed by atoms with Gasteiger partial charge in [-0.2, -0.15) is 0 Å². The third-order valence-electron chi connectivity index (χ3n) is 2.33. The molecule has 0 aromatic carbocycles. The molecule has 7 nitrogen and oxygen atoms in total. The van der Waals surface area contributed by atoms with Crippen molar-refractivity contribution in [2.24, 2.45) is 0 Å². The summed E-state index contributed by atoms with van der Waals surface area (Å²) in [6.45, 7) is 4.12. The van der Waals surface area contributed by atoms with Gasteiger partial charge < -0.3 is 14.5 Å². The summed E-state index contributed by atoms with van der Waals surface area (Å²) in [4.78, 5) is 6.20. The molecule has 0 bridgehead atoms. The zero-order chi connectivity index (χ0) is 12.5. The molecule has 2 N–H and O–H groups in total. The van der Waals surface area contributed by atoms with Gasteiger partial charge in [-0.05, 0) is 13.8 Å². The number of aromatic nitrogens is 2. The van der Waals surface area contributed by atoms with Crippen LogP contribution in [-0.2, 0) is 19.5 Å². The predicted octanol–water partition coefficient (Wildman–Crippen LogP) is -0.160. The Hall–Kier alpha value is -0.960. The highest BCUT2D eigenvalue weighted by Crippen LogP contribution is 2.21. The largest absolute Gasteiger partial charge is 0.348 e. The minimum atomic E-state index is -3.55. The number of imidazole rings is 1. The molecule has 0 amide bonds. The molecule has 1 aromatic rings. The summed E-state index contributed by atoms with van der Waals surface area (Å²) in [5, 5.41) is 0.0377. The Balaban J connectivity index is 1.91. The summed E-state index contributed by atoms with van der Waals surface area (Å²) in [5.41, 5.74) is 0. The van der Waals surface area contributed by atoms with Crippen molar-refractivity contribution in [3.05, 3.63) is 12.5 Å². The molecular formula is C9H15N3O4S. The van der Waals surface area contributed by atoms with Crippen molar-refractivity contribution in [2.45, 2.75) is 30.8 Å². The van der Waals surface area contributed by atoms with Crippen molar-refractivity contribution in [3.8, 4) is 0 Å². The summed E-state index contributed by atoms with van der Waals surface area (Å²) < 4.78 is 36.7. The van der Waals surface area contributed by atoms with Crippen LogP contribution in [0.25, 0.3) is 0 Å². The number of nitrogens with zero attached hydrogens (tertiary/aromatic N) is 1. The average Bonchev–Trinajstić information content (AvgIpc) is 2.84. The summed E-state index contributed by atoms with van der Waals surface area (Å²) >= 11 is 0. The molecule has 8 heteroatoms. The van der Waals surface area contributed by atoms with Crippen LogP contribution in [0.1, 0.15) is 13.8 Å². The molecule has 96 valence electrons. The number of H-pyrrole nitrogens is 1. The van der Waals surface area contributed by atoms with E-state index >= 15 is 0 Å². The van der Waals surface area contributed by atoms with Crippen molar-refractivity contribution in [2.75, 3.05) is 13.2 Å².